The summed E-state index contributed by atoms with van der Waals surface area (Å²) >= 11 is 1.67. The molecule has 2 rings (SSSR count). The molecule has 0 atom stereocenters. The number of carbonyl (C=O) groups excluding carboxylic acids is 1. The Kier molecular flexibility index (Phi) is 7.69. The molecule has 2 aromatic carbocycles. The Hall–Kier alpha value is -1.94. The Balaban J connectivity index is 1.52. The third-order valence-corrected chi connectivity index (χ3v) is 4.52. The van der Waals surface area contributed by atoms with Crippen molar-refractivity contribution in [3.63, 3.8) is 0 Å². The van der Waals surface area contributed by atoms with Crippen LogP contribution in [-0.2, 0) is 4.79 Å². The van der Waals surface area contributed by atoms with Crippen LogP contribution in [0.5, 0.6) is 5.75 Å². The van der Waals surface area contributed by atoms with Crippen LogP contribution in [-0.4, -0.2) is 24.0 Å². The van der Waals surface area contributed by atoms with Crippen molar-refractivity contribution in [3.05, 3.63) is 59.7 Å². The summed E-state index contributed by atoms with van der Waals surface area (Å²) in [6.45, 7) is 4.80. The highest BCUT2D eigenvalue weighted by Gasteiger charge is 2.02. The fraction of sp³-hybridized carbons (Fsp3) is 0.350. The van der Waals surface area contributed by atoms with Gasteiger partial charge >= 0.3 is 0 Å². The Morgan fingerprint density at radius 2 is 1.79 bits per heavy atom. The van der Waals surface area contributed by atoms with Crippen molar-refractivity contribution in [2.75, 3.05) is 23.4 Å². The highest BCUT2D eigenvalue weighted by molar-refractivity contribution is 7.99. The molecule has 2 aromatic rings. The summed E-state index contributed by atoms with van der Waals surface area (Å²) in [7, 11) is 0. The predicted octanol–water partition coefficient (Wildman–Crippen LogP) is 4.83. The maximum atomic E-state index is 11.9. The van der Waals surface area contributed by atoms with E-state index in [4.69, 9.17) is 4.74 Å². The molecule has 0 spiro atoms. The van der Waals surface area contributed by atoms with Gasteiger partial charge in [0.15, 0.2) is 0 Å². The van der Waals surface area contributed by atoms with Crippen LogP contribution < -0.4 is 10.1 Å². The lowest BCUT2D eigenvalue weighted by atomic mass is 10.2. The van der Waals surface area contributed by atoms with Gasteiger partial charge in [0.2, 0.25) is 5.91 Å². The monoisotopic (exact) mass is 343 g/mol. The van der Waals surface area contributed by atoms with Gasteiger partial charge < -0.3 is 10.1 Å². The Labute approximate surface area is 148 Å². The summed E-state index contributed by atoms with van der Waals surface area (Å²) in [5, 5.41) is 2.93. The number of benzene rings is 2. The molecule has 4 heteroatoms. The van der Waals surface area contributed by atoms with Gasteiger partial charge in [-0.25, -0.2) is 0 Å². The summed E-state index contributed by atoms with van der Waals surface area (Å²) in [5.74, 6) is 2.45. The van der Waals surface area contributed by atoms with Crippen LogP contribution >= 0.6 is 11.8 Å². The van der Waals surface area contributed by atoms with Crippen LogP contribution in [0.4, 0.5) is 5.69 Å². The molecule has 0 aromatic heterocycles. The van der Waals surface area contributed by atoms with E-state index in [-0.39, 0.29) is 5.91 Å². The van der Waals surface area contributed by atoms with Crippen molar-refractivity contribution in [1.82, 2.24) is 0 Å². The first-order chi connectivity index (χ1) is 11.6. The predicted molar refractivity (Wildman–Crippen MR) is 103 cm³/mol. The second-order valence-corrected chi connectivity index (χ2v) is 6.95. The molecule has 0 saturated carbocycles. The smallest absolute Gasteiger partial charge is 0.234 e. The first kappa shape index (κ1) is 18.4. The van der Waals surface area contributed by atoms with E-state index in [1.165, 1.54) is 5.56 Å². The van der Waals surface area contributed by atoms with Crippen LogP contribution in [0, 0.1) is 13.8 Å². The Bertz CT molecular complexity index is 658. The van der Waals surface area contributed by atoms with Crippen LogP contribution in [0.3, 0.4) is 0 Å². The van der Waals surface area contributed by atoms with E-state index in [2.05, 4.69) is 18.3 Å². The Morgan fingerprint density at radius 3 is 2.54 bits per heavy atom. The van der Waals surface area contributed by atoms with Crippen molar-refractivity contribution in [1.29, 1.82) is 0 Å². The number of thioether (sulfide) groups is 1. The standard InChI is InChI=1S/C20H25NO2S/c1-16-7-5-9-18(13-16)21-20(22)15-24-12-4-3-11-23-19-10-6-8-17(2)14-19/h5-10,13-14H,3-4,11-12,15H2,1-2H3,(H,21,22). The summed E-state index contributed by atoms with van der Waals surface area (Å²) in [4.78, 5) is 11.9. The van der Waals surface area contributed by atoms with Crippen molar-refractivity contribution < 1.29 is 9.53 Å². The normalized spacial score (nSPS) is 10.4. The lowest BCUT2D eigenvalue weighted by Crippen LogP contribution is -2.14. The van der Waals surface area contributed by atoms with Crippen LogP contribution in [0.15, 0.2) is 48.5 Å². The van der Waals surface area contributed by atoms with Crippen molar-refractivity contribution in [2.45, 2.75) is 26.7 Å². The van der Waals surface area contributed by atoms with E-state index in [0.29, 0.717) is 5.75 Å². The van der Waals surface area contributed by atoms with E-state index in [1.54, 1.807) is 11.8 Å². The average Bonchev–Trinajstić information content (AvgIpc) is 2.54. The Morgan fingerprint density at radius 1 is 1.04 bits per heavy atom. The molecular weight excluding hydrogens is 318 g/mol. The van der Waals surface area contributed by atoms with Gasteiger partial charge in [-0.1, -0.05) is 24.3 Å². The molecule has 0 aliphatic rings. The van der Waals surface area contributed by atoms with Gasteiger partial charge in [0.25, 0.3) is 0 Å². The molecule has 0 bridgehead atoms. The van der Waals surface area contributed by atoms with Gasteiger partial charge in [0.1, 0.15) is 5.75 Å². The van der Waals surface area contributed by atoms with Gasteiger partial charge in [0, 0.05) is 5.69 Å². The van der Waals surface area contributed by atoms with Crippen molar-refractivity contribution in [2.24, 2.45) is 0 Å². The molecule has 0 saturated heterocycles. The summed E-state index contributed by atoms with van der Waals surface area (Å²) in [6, 6.07) is 16.0. The molecule has 24 heavy (non-hydrogen) atoms. The highest BCUT2D eigenvalue weighted by Crippen LogP contribution is 2.14. The molecule has 128 valence electrons. The minimum atomic E-state index is 0.0570. The van der Waals surface area contributed by atoms with E-state index >= 15 is 0 Å². The molecule has 1 amide bonds. The molecule has 0 fully saturated rings. The van der Waals surface area contributed by atoms with Gasteiger partial charge in [0.05, 0.1) is 12.4 Å². The zero-order valence-corrected chi connectivity index (χ0v) is 15.2. The van der Waals surface area contributed by atoms with E-state index < -0.39 is 0 Å². The number of nitrogens with one attached hydrogen (secondary N) is 1. The zero-order valence-electron chi connectivity index (χ0n) is 14.4. The number of aryl methyl sites for hydroxylation is 2. The molecule has 0 aliphatic carbocycles. The number of hydrogen-bond acceptors (Lipinski definition) is 3. The number of amides is 1. The van der Waals surface area contributed by atoms with E-state index in [9.17, 15) is 4.79 Å². The molecule has 0 radical (unpaired) electrons. The summed E-state index contributed by atoms with van der Waals surface area (Å²) in [6.07, 6.45) is 2.05. The summed E-state index contributed by atoms with van der Waals surface area (Å²) in [5.41, 5.74) is 3.23. The number of anilines is 1. The van der Waals surface area contributed by atoms with Crippen molar-refractivity contribution >= 4 is 23.4 Å². The fourth-order valence-corrected chi connectivity index (χ4v) is 3.10. The van der Waals surface area contributed by atoms with Gasteiger partial charge in [-0.3, -0.25) is 4.79 Å². The lowest BCUT2D eigenvalue weighted by Gasteiger charge is -2.07. The molecule has 3 nitrogen and oxygen atoms in total. The average molecular weight is 343 g/mol. The van der Waals surface area contributed by atoms with Gasteiger partial charge in [-0.05, 0) is 67.8 Å². The first-order valence-corrected chi connectivity index (χ1v) is 9.43. The largest absolute Gasteiger partial charge is 0.494 e. The lowest BCUT2D eigenvalue weighted by molar-refractivity contribution is -0.113. The van der Waals surface area contributed by atoms with Crippen LogP contribution in [0.1, 0.15) is 24.0 Å². The molecule has 0 unspecified atom stereocenters. The third-order valence-electron chi connectivity index (χ3n) is 3.48. The maximum Gasteiger partial charge on any atom is 0.234 e. The first-order valence-electron chi connectivity index (χ1n) is 8.27. The summed E-state index contributed by atoms with van der Waals surface area (Å²) < 4.78 is 5.72. The highest BCUT2D eigenvalue weighted by atomic mass is 32.2. The van der Waals surface area contributed by atoms with Crippen molar-refractivity contribution in [3.8, 4) is 5.75 Å². The second kappa shape index (κ2) is 10.0. The van der Waals surface area contributed by atoms with Gasteiger partial charge in [-0.15, -0.1) is 0 Å². The SMILES string of the molecule is Cc1cccc(NC(=O)CSCCCCOc2cccc(C)c2)c1. The minimum absolute atomic E-state index is 0.0570. The number of ether oxygens (including phenoxy) is 1. The number of hydrogen-bond donors (Lipinski definition) is 1. The molecule has 1 N–H and O–H groups in total. The van der Waals surface area contributed by atoms with Gasteiger partial charge in [-0.2, -0.15) is 11.8 Å². The topological polar surface area (TPSA) is 38.3 Å². The molecule has 0 heterocycles. The van der Waals surface area contributed by atoms with E-state index in [0.717, 1.165) is 42.2 Å². The fourth-order valence-electron chi connectivity index (χ4n) is 2.29. The number of rotatable bonds is 9. The van der Waals surface area contributed by atoms with E-state index in [1.807, 2.05) is 49.4 Å². The quantitative estimate of drug-likeness (QED) is 0.663. The maximum absolute atomic E-state index is 11.9. The minimum Gasteiger partial charge on any atom is -0.494 e. The van der Waals surface area contributed by atoms with Crippen LogP contribution in [0.25, 0.3) is 0 Å². The number of carbonyl (C=O) groups is 1. The molecule has 0 aliphatic heterocycles. The zero-order chi connectivity index (χ0) is 17.2. The third kappa shape index (κ3) is 7.09. The number of unbranched alkanes of at least 4 members (excludes halogenated alkanes) is 1. The second-order valence-electron chi connectivity index (χ2n) is 5.84. The van der Waals surface area contributed by atoms with Crippen LogP contribution in [0.2, 0.25) is 0 Å². The molecular formula is C20H25NO2S.